The van der Waals surface area contributed by atoms with E-state index in [4.69, 9.17) is 4.74 Å². The Morgan fingerprint density at radius 3 is 2.78 bits per heavy atom. The van der Waals surface area contributed by atoms with Gasteiger partial charge in [-0.05, 0) is 42.7 Å². The van der Waals surface area contributed by atoms with Crippen molar-refractivity contribution in [2.75, 3.05) is 32.8 Å². The third-order valence-electron chi connectivity index (χ3n) is 5.00. The van der Waals surface area contributed by atoms with Crippen molar-refractivity contribution in [3.05, 3.63) is 59.7 Å². The Kier molecular flexibility index (Phi) is 6.59. The Bertz CT molecular complexity index is 822. The first-order valence-corrected chi connectivity index (χ1v) is 9.38. The van der Waals surface area contributed by atoms with Gasteiger partial charge < -0.3 is 10.1 Å². The summed E-state index contributed by atoms with van der Waals surface area (Å²) in [7, 11) is 0. The minimum Gasteiger partial charge on any atom is -0.379 e. The first-order valence-electron chi connectivity index (χ1n) is 9.38. The molecule has 1 saturated heterocycles. The molecular weight excluding hydrogens is 338 g/mol. The molecule has 2 aromatic carbocycles. The van der Waals surface area contributed by atoms with Gasteiger partial charge in [0, 0.05) is 31.2 Å². The fraction of sp³-hybridized carbons (Fsp3) is 0.364. The van der Waals surface area contributed by atoms with Crippen LogP contribution in [0.5, 0.6) is 0 Å². The van der Waals surface area contributed by atoms with Gasteiger partial charge in [-0.2, -0.15) is 5.26 Å². The number of nitrogens with zero attached hydrogens (tertiary/aromatic N) is 2. The highest BCUT2D eigenvalue weighted by Crippen LogP contribution is 2.24. The second kappa shape index (κ2) is 9.31. The lowest BCUT2D eigenvalue weighted by atomic mass is 9.98. The minimum absolute atomic E-state index is 0.0829. The van der Waals surface area contributed by atoms with Crippen molar-refractivity contribution < 1.29 is 9.53 Å². The summed E-state index contributed by atoms with van der Waals surface area (Å²) in [4.78, 5) is 14.9. The molecule has 0 radical (unpaired) electrons. The number of nitrogens with one attached hydrogen (secondary N) is 1. The number of ether oxygens (including phenoxy) is 1. The van der Waals surface area contributed by atoms with Crippen molar-refractivity contribution in [1.29, 1.82) is 5.26 Å². The number of hydrogen-bond acceptors (Lipinski definition) is 4. The molecule has 0 aliphatic carbocycles. The molecule has 5 nitrogen and oxygen atoms in total. The molecule has 1 atom stereocenters. The summed E-state index contributed by atoms with van der Waals surface area (Å²) in [6, 6.07) is 17.5. The van der Waals surface area contributed by atoms with Gasteiger partial charge in [-0.15, -0.1) is 0 Å². The standard InChI is InChI=1S/C22H25N3O2/c1-17(25-11-13-27-14-12-25)9-10-24-22(26)19-7-4-6-18(15-19)21-8-3-2-5-20(21)16-23/h2-8,15,17H,9-14H2,1H3,(H,24,26)/t17-/m1/s1. The monoisotopic (exact) mass is 363 g/mol. The molecule has 1 fully saturated rings. The van der Waals surface area contributed by atoms with Crippen molar-refractivity contribution in [3.8, 4) is 17.2 Å². The summed E-state index contributed by atoms with van der Waals surface area (Å²) < 4.78 is 5.38. The van der Waals surface area contributed by atoms with Crippen LogP contribution in [0.4, 0.5) is 0 Å². The van der Waals surface area contributed by atoms with Crippen LogP contribution in [0, 0.1) is 11.3 Å². The summed E-state index contributed by atoms with van der Waals surface area (Å²) in [6.45, 7) is 6.31. The molecule has 1 N–H and O–H groups in total. The molecule has 5 heteroatoms. The lowest BCUT2D eigenvalue weighted by molar-refractivity contribution is 0.0187. The number of carbonyl (C=O) groups excluding carboxylic acids is 1. The molecular formula is C22H25N3O2. The maximum atomic E-state index is 12.5. The minimum atomic E-state index is -0.0829. The number of nitriles is 1. The number of morpholine rings is 1. The SMILES string of the molecule is C[C@H](CCNC(=O)c1cccc(-c2ccccc2C#N)c1)N1CCOCC1. The van der Waals surface area contributed by atoms with Gasteiger partial charge in [-0.1, -0.05) is 30.3 Å². The van der Waals surface area contributed by atoms with E-state index in [-0.39, 0.29) is 5.91 Å². The molecule has 0 unspecified atom stereocenters. The van der Waals surface area contributed by atoms with E-state index in [0.717, 1.165) is 43.9 Å². The summed E-state index contributed by atoms with van der Waals surface area (Å²) >= 11 is 0. The van der Waals surface area contributed by atoms with E-state index in [0.29, 0.717) is 23.7 Å². The summed E-state index contributed by atoms with van der Waals surface area (Å²) in [6.07, 6.45) is 0.905. The van der Waals surface area contributed by atoms with Crippen LogP contribution in [0.3, 0.4) is 0 Å². The number of benzene rings is 2. The van der Waals surface area contributed by atoms with Gasteiger partial charge in [0.1, 0.15) is 0 Å². The third-order valence-corrected chi connectivity index (χ3v) is 5.00. The number of amides is 1. The predicted molar refractivity (Wildman–Crippen MR) is 105 cm³/mol. The van der Waals surface area contributed by atoms with Crippen molar-refractivity contribution in [3.63, 3.8) is 0 Å². The average molecular weight is 363 g/mol. The smallest absolute Gasteiger partial charge is 0.251 e. The maximum Gasteiger partial charge on any atom is 0.251 e. The van der Waals surface area contributed by atoms with Crippen LogP contribution in [0.25, 0.3) is 11.1 Å². The first kappa shape index (κ1) is 19.1. The van der Waals surface area contributed by atoms with Crippen LogP contribution in [0.1, 0.15) is 29.3 Å². The Balaban J connectivity index is 1.60. The van der Waals surface area contributed by atoms with Crippen LogP contribution < -0.4 is 5.32 Å². The number of carbonyl (C=O) groups is 1. The van der Waals surface area contributed by atoms with E-state index in [9.17, 15) is 10.1 Å². The Morgan fingerprint density at radius 2 is 2.00 bits per heavy atom. The summed E-state index contributed by atoms with van der Waals surface area (Å²) in [5.41, 5.74) is 2.94. The van der Waals surface area contributed by atoms with Gasteiger partial charge in [0.15, 0.2) is 0 Å². The fourth-order valence-electron chi connectivity index (χ4n) is 3.36. The molecule has 3 rings (SSSR count). The molecule has 1 heterocycles. The summed E-state index contributed by atoms with van der Waals surface area (Å²) in [5.74, 6) is -0.0829. The topological polar surface area (TPSA) is 65.4 Å². The largest absolute Gasteiger partial charge is 0.379 e. The van der Waals surface area contributed by atoms with E-state index < -0.39 is 0 Å². The van der Waals surface area contributed by atoms with Crippen molar-refractivity contribution >= 4 is 5.91 Å². The predicted octanol–water partition coefficient (Wildman–Crippen LogP) is 3.07. The lowest BCUT2D eigenvalue weighted by Crippen LogP contribution is -2.43. The van der Waals surface area contributed by atoms with Crippen molar-refractivity contribution in [2.24, 2.45) is 0 Å². The van der Waals surface area contributed by atoms with Crippen molar-refractivity contribution in [2.45, 2.75) is 19.4 Å². The molecule has 27 heavy (non-hydrogen) atoms. The van der Waals surface area contributed by atoms with Gasteiger partial charge in [0.25, 0.3) is 5.91 Å². The van der Waals surface area contributed by atoms with Gasteiger partial charge in [-0.3, -0.25) is 9.69 Å². The van der Waals surface area contributed by atoms with E-state index >= 15 is 0 Å². The highest BCUT2D eigenvalue weighted by molar-refractivity contribution is 5.95. The molecule has 2 aromatic rings. The summed E-state index contributed by atoms with van der Waals surface area (Å²) in [5, 5.41) is 12.3. The molecule has 1 aliphatic heterocycles. The molecule has 140 valence electrons. The second-order valence-corrected chi connectivity index (χ2v) is 6.78. The van der Waals surface area contributed by atoms with Crippen LogP contribution in [-0.2, 0) is 4.74 Å². The Morgan fingerprint density at radius 1 is 1.22 bits per heavy atom. The first-order chi connectivity index (χ1) is 13.2. The van der Waals surface area contributed by atoms with E-state index in [1.807, 2.05) is 36.4 Å². The van der Waals surface area contributed by atoms with Gasteiger partial charge >= 0.3 is 0 Å². The number of hydrogen-bond donors (Lipinski definition) is 1. The van der Waals surface area contributed by atoms with Crippen LogP contribution in [0.15, 0.2) is 48.5 Å². The highest BCUT2D eigenvalue weighted by atomic mass is 16.5. The van der Waals surface area contributed by atoms with Gasteiger partial charge in [0.05, 0.1) is 24.8 Å². The van der Waals surface area contributed by atoms with Crippen molar-refractivity contribution in [1.82, 2.24) is 10.2 Å². The molecule has 0 spiro atoms. The molecule has 1 amide bonds. The molecule has 0 saturated carbocycles. The molecule has 0 bridgehead atoms. The normalized spacial score (nSPS) is 15.7. The Hall–Kier alpha value is -2.68. The zero-order chi connectivity index (χ0) is 19.1. The Labute approximate surface area is 160 Å². The molecule has 0 aromatic heterocycles. The van der Waals surface area contributed by atoms with Crippen LogP contribution in [-0.4, -0.2) is 49.7 Å². The fourth-order valence-corrected chi connectivity index (χ4v) is 3.36. The lowest BCUT2D eigenvalue weighted by Gasteiger charge is -2.32. The average Bonchev–Trinajstić information content (AvgIpc) is 2.74. The third kappa shape index (κ3) is 4.94. The van der Waals surface area contributed by atoms with E-state index in [1.165, 1.54) is 0 Å². The van der Waals surface area contributed by atoms with Crippen LogP contribution >= 0.6 is 0 Å². The molecule has 1 aliphatic rings. The number of rotatable bonds is 6. The highest BCUT2D eigenvalue weighted by Gasteiger charge is 2.17. The van der Waals surface area contributed by atoms with E-state index in [1.54, 1.807) is 12.1 Å². The zero-order valence-corrected chi connectivity index (χ0v) is 15.6. The quantitative estimate of drug-likeness (QED) is 0.857. The zero-order valence-electron chi connectivity index (χ0n) is 15.6. The maximum absolute atomic E-state index is 12.5. The van der Waals surface area contributed by atoms with Gasteiger partial charge in [0.2, 0.25) is 0 Å². The second-order valence-electron chi connectivity index (χ2n) is 6.78. The van der Waals surface area contributed by atoms with Crippen LogP contribution in [0.2, 0.25) is 0 Å². The van der Waals surface area contributed by atoms with E-state index in [2.05, 4.69) is 23.2 Å². The van der Waals surface area contributed by atoms with Gasteiger partial charge in [-0.25, -0.2) is 0 Å².